The Hall–Kier alpha value is -0.830. The van der Waals surface area contributed by atoms with Crippen LogP contribution in [0.1, 0.15) is 18.1 Å². The predicted octanol–water partition coefficient (Wildman–Crippen LogP) is 2.25. The van der Waals surface area contributed by atoms with Gasteiger partial charge in [0.25, 0.3) is 0 Å². The van der Waals surface area contributed by atoms with Crippen LogP contribution in [0.15, 0.2) is 24.3 Å². The quantitative estimate of drug-likeness (QED) is 0.901. The van der Waals surface area contributed by atoms with E-state index in [0.29, 0.717) is 19.6 Å². The molecule has 4 nitrogen and oxygen atoms in total. The third-order valence-electron chi connectivity index (χ3n) is 3.33. The number of rotatable bonds is 3. The molecular weight excluding hydrogens is 341 g/mol. The van der Waals surface area contributed by atoms with E-state index in [4.69, 9.17) is 0 Å². The van der Waals surface area contributed by atoms with E-state index >= 15 is 0 Å². The van der Waals surface area contributed by atoms with Crippen LogP contribution in [0, 0.1) is 0 Å². The molecule has 1 saturated heterocycles. The van der Waals surface area contributed by atoms with E-state index in [1.54, 1.807) is 0 Å². The Balaban J connectivity index is 0.00000242. The third kappa shape index (κ3) is 4.84. The molecule has 1 aliphatic heterocycles. The van der Waals surface area contributed by atoms with Crippen molar-refractivity contribution < 1.29 is 21.6 Å². The van der Waals surface area contributed by atoms with Gasteiger partial charge in [0.05, 0.1) is 11.3 Å². The smallest absolute Gasteiger partial charge is 0.312 e. The standard InChI is InChI=1S/C13H17F3N2O2S.ClH/c1-10-8-18(6-5-17-10)21(19,20)9-11-3-2-4-12(7-11)13(14,15)16;/h2-4,7,10,17H,5-6,8-9H2,1H3;1H. The minimum Gasteiger partial charge on any atom is -0.312 e. The van der Waals surface area contributed by atoms with Crippen LogP contribution in [-0.4, -0.2) is 38.4 Å². The zero-order valence-electron chi connectivity index (χ0n) is 11.9. The Bertz CT molecular complexity index is 608. The largest absolute Gasteiger partial charge is 0.416 e. The van der Waals surface area contributed by atoms with Crippen molar-refractivity contribution in [3.05, 3.63) is 35.4 Å². The molecule has 1 unspecified atom stereocenters. The van der Waals surface area contributed by atoms with E-state index in [1.165, 1.54) is 16.4 Å². The lowest BCUT2D eigenvalue weighted by molar-refractivity contribution is -0.137. The molecule has 0 spiro atoms. The Kier molecular flexibility index (Phi) is 6.26. The van der Waals surface area contributed by atoms with E-state index in [9.17, 15) is 21.6 Å². The van der Waals surface area contributed by atoms with Gasteiger partial charge >= 0.3 is 6.18 Å². The first-order valence-electron chi connectivity index (χ1n) is 6.56. The summed E-state index contributed by atoms with van der Waals surface area (Å²) >= 11 is 0. The average Bonchev–Trinajstić information content (AvgIpc) is 2.37. The normalized spacial score (nSPS) is 20.5. The number of alkyl halides is 3. The average molecular weight is 359 g/mol. The predicted molar refractivity (Wildman–Crippen MR) is 80.4 cm³/mol. The summed E-state index contributed by atoms with van der Waals surface area (Å²) in [6.07, 6.45) is -4.47. The SMILES string of the molecule is CC1CN(S(=O)(=O)Cc2cccc(C(F)(F)F)c2)CCN1.Cl. The molecule has 0 saturated carbocycles. The fraction of sp³-hybridized carbons (Fsp3) is 0.538. The van der Waals surface area contributed by atoms with Crippen LogP contribution in [0.5, 0.6) is 0 Å². The molecule has 1 aliphatic rings. The van der Waals surface area contributed by atoms with Crippen molar-refractivity contribution in [2.45, 2.75) is 24.9 Å². The van der Waals surface area contributed by atoms with E-state index < -0.39 is 27.5 Å². The topological polar surface area (TPSA) is 49.4 Å². The molecule has 1 heterocycles. The molecule has 0 aliphatic carbocycles. The van der Waals surface area contributed by atoms with Gasteiger partial charge in [-0.3, -0.25) is 0 Å². The van der Waals surface area contributed by atoms with Crippen molar-refractivity contribution in [2.75, 3.05) is 19.6 Å². The second-order valence-electron chi connectivity index (χ2n) is 5.17. The van der Waals surface area contributed by atoms with Crippen LogP contribution < -0.4 is 5.32 Å². The molecule has 1 fully saturated rings. The minimum atomic E-state index is -4.47. The molecule has 0 bridgehead atoms. The lowest BCUT2D eigenvalue weighted by Crippen LogP contribution is -2.51. The van der Waals surface area contributed by atoms with Crippen LogP contribution in [0.3, 0.4) is 0 Å². The van der Waals surface area contributed by atoms with Crippen LogP contribution in [0.2, 0.25) is 0 Å². The summed E-state index contributed by atoms with van der Waals surface area (Å²) in [6, 6.07) is 4.49. The van der Waals surface area contributed by atoms with Crippen LogP contribution in [0.4, 0.5) is 13.2 Å². The first kappa shape index (κ1) is 19.2. The van der Waals surface area contributed by atoms with Gasteiger partial charge in [0.2, 0.25) is 10.0 Å². The number of piperazine rings is 1. The fourth-order valence-electron chi connectivity index (χ4n) is 2.29. The third-order valence-corrected chi connectivity index (χ3v) is 5.14. The highest BCUT2D eigenvalue weighted by Crippen LogP contribution is 2.30. The van der Waals surface area contributed by atoms with Gasteiger partial charge in [-0.25, -0.2) is 8.42 Å². The van der Waals surface area contributed by atoms with Gasteiger partial charge < -0.3 is 5.32 Å². The van der Waals surface area contributed by atoms with Gasteiger partial charge in [0, 0.05) is 25.7 Å². The molecule has 2 rings (SSSR count). The van der Waals surface area contributed by atoms with E-state index in [-0.39, 0.29) is 24.0 Å². The highest BCUT2D eigenvalue weighted by Gasteiger charge is 2.31. The summed E-state index contributed by atoms with van der Waals surface area (Å²) in [5.41, 5.74) is -0.681. The van der Waals surface area contributed by atoms with Gasteiger partial charge in [-0.15, -0.1) is 12.4 Å². The van der Waals surface area contributed by atoms with E-state index in [0.717, 1.165) is 12.1 Å². The molecule has 1 atom stereocenters. The van der Waals surface area contributed by atoms with Crippen molar-refractivity contribution in [1.82, 2.24) is 9.62 Å². The molecule has 1 aromatic rings. The Morgan fingerprint density at radius 2 is 2.05 bits per heavy atom. The molecular formula is C13H18ClF3N2O2S. The van der Waals surface area contributed by atoms with Crippen molar-refractivity contribution in [1.29, 1.82) is 0 Å². The monoisotopic (exact) mass is 358 g/mol. The first-order valence-corrected chi connectivity index (χ1v) is 8.17. The Labute approximate surface area is 134 Å². The maximum absolute atomic E-state index is 12.6. The molecule has 0 radical (unpaired) electrons. The number of hydrogen-bond acceptors (Lipinski definition) is 3. The lowest BCUT2D eigenvalue weighted by atomic mass is 10.1. The molecule has 0 aromatic heterocycles. The number of nitrogens with zero attached hydrogens (tertiary/aromatic N) is 1. The first-order chi connectivity index (χ1) is 9.68. The summed E-state index contributed by atoms with van der Waals surface area (Å²) in [6.45, 7) is 3.09. The summed E-state index contributed by atoms with van der Waals surface area (Å²) in [7, 11) is -3.61. The number of benzene rings is 1. The minimum absolute atomic E-state index is 0. The number of sulfonamides is 1. The van der Waals surface area contributed by atoms with Gasteiger partial charge in [-0.05, 0) is 18.6 Å². The van der Waals surface area contributed by atoms with E-state index in [1.807, 2.05) is 6.92 Å². The second kappa shape index (κ2) is 7.16. The summed E-state index contributed by atoms with van der Waals surface area (Å²) in [5.74, 6) is -0.413. The summed E-state index contributed by atoms with van der Waals surface area (Å²) in [5, 5.41) is 3.12. The van der Waals surface area contributed by atoms with Gasteiger partial charge in [0.1, 0.15) is 0 Å². The number of hydrogen-bond donors (Lipinski definition) is 1. The van der Waals surface area contributed by atoms with Crippen LogP contribution in [-0.2, 0) is 22.0 Å². The highest BCUT2D eigenvalue weighted by atomic mass is 35.5. The Morgan fingerprint density at radius 3 is 2.64 bits per heavy atom. The summed E-state index contributed by atoms with van der Waals surface area (Å²) in [4.78, 5) is 0. The van der Waals surface area contributed by atoms with Crippen LogP contribution in [0.25, 0.3) is 0 Å². The summed E-state index contributed by atoms with van der Waals surface area (Å²) < 4.78 is 63.8. The Morgan fingerprint density at radius 1 is 1.36 bits per heavy atom. The maximum atomic E-state index is 12.6. The van der Waals surface area contributed by atoms with E-state index in [2.05, 4.69) is 5.32 Å². The zero-order chi connectivity index (χ0) is 15.7. The van der Waals surface area contributed by atoms with Gasteiger partial charge in [0.15, 0.2) is 0 Å². The molecule has 0 amide bonds. The highest BCUT2D eigenvalue weighted by molar-refractivity contribution is 7.88. The molecule has 1 N–H and O–H groups in total. The van der Waals surface area contributed by atoms with Crippen molar-refractivity contribution >= 4 is 22.4 Å². The molecule has 1 aromatic carbocycles. The number of nitrogens with one attached hydrogen (secondary N) is 1. The maximum Gasteiger partial charge on any atom is 0.416 e. The number of halogens is 4. The van der Waals surface area contributed by atoms with Crippen molar-refractivity contribution in [3.63, 3.8) is 0 Å². The van der Waals surface area contributed by atoms with Gasteiger partial charge in [-0.2, -0.15) is 17.5 Å². The molecule has 9 heteroatoms. The fourth-order valence-corrected chi connectivity index (χ4v) is 3.89. The van der Waals surface area contributed by atoms with Crippen LogP contribution >= 0.6 is 12.4 Å². The molecule has 126 valence electrons. The van der Waals surface area contributed by atoms with Crippen molar-refractivity contribution in [2.24, 2.45) is 0 Å². The molecule has 22 heavy (non-hydrogen) atoms. The lowest BCUT2D eigenvalue weighted by Gasteiger charge is -2.31. The second-order valence-corrected chi connectivity index (χ2v) is 7.14. The van der Waals surface area contributed by atoms with Gasteiger partial charge in [-0.1, -0.05) is 18.2 Å². The van der Waals surface area contributed by atoms with Crippen molar-refractivity contribution in [3.8, 4) is 0 Å². The zero-order valence-corrected chi connectivity index (χ0v) is 13.6.